The van der Waals surface area contributed by atoms with Crippen LogP contribution in [0.5, 0.6) is 0 Å². The summed E-state index contributed by atoms with van der Waals surface area (Å²) >= 11 is 0. The molecule has 1 unspecified atom stereocenters. The highest BCUT2D eigenvalue weighted by atomic mass is 19.4. The Bertz CT molecular complexity index is 1030. The van der Waals surface area contributed by atoms with Crippen molar-refractivity contribution in [2.24, 2.45) is 5.92 Å². The van der Waals surface area contributed by atoms with Crippen molar-refractivity contribution in [1.82, 2.24) is 24.7 Å². The number of carboxylic acid groups (broad SMARTS) is 2. The number of anilines is 1. The molecule has 1 atom stereocenters. The predicted octanol–water partition coefficient (Wildman–Crippen LogP) is 2.72. The van der Waals surface area contributed by atoms with Crippen LogP contribution >= 0.6 is 0 Å². The Morgan fingerprint density at radius 1 is 1.08 bits per heavy atom. The molecule has 38 heavy (non-hydrogen) atoms. The van der Waals surface area contributed by atoms with Crippen LogP contribution in [-0.2, 0) is 14.3 Å². The standard InChI is InChI=1S/C17H26N6O.2C2HF3O2/c1-3-21(4-2)9-14-7-8-17(24-10-14)11-22(12-17)16-6-5-15-19-18-13-23(15)20-16;2*3-2(4,5)1(6)7/h5-6,13-14H,3-4,7-12H2,1-2H3;2*(H,6,7). The van der Waals surface area contributed by atoms with E-state index in [2.05, 4.69) is 38.9 Å². The number of alkyl halides is 6. The Hall–Kier alpha value is -3.21. The predicted molar refractivity (Wildman–Crippen MR) is 120 cm³/mol. The van der Waals surface area contributed by atoms with Crippen molar-refractivity contribution in [3.63, 3.8) is 0 Å². The number of hydrogen-bond donors (Lipinski definition) is 2. The van der Waals surface area contributed by atoms with E-state index in [-0.39, 0.29) is 5.60 Å². The van der Waals surface area contributed by atoms with Gasteiger partial charge in [0, 0.05) is 6.54 Å². The molecule has 2 fully saturated rings. The fraction of sp³-hybridized carbons (Fsp3) is 0.667. The van der Waals surface area contributed by atoms with E-state index >= 15 is 0 Å². The minimum atomic E-state index is -5.08. The molecule has 17 heteroatoms. The summed E-state index contributed by atoms with van der Waals surface area (Å²) in [6.45, 7) is 10.7. The van der Waals surface area contributed by atoms with E-state index in [1.807, 2.05) is 12.1 Å². The lowest BCUT2D eigenvalue weighted by atomic mass is 9.83. The maximum absolute atomic E-state index is 10.6. The molecule has 214 valence electrons. The van der Waals surface area contributed by atoms with Gasteiger partial charge in [0.2, 0.25) is 0 Å². The van der Waals surface area contributed by atoms with E-state index in [0.717, 1.165) is 50.7 Å². The third-order valence-corrected chi connectivity index (χ3v) is 5.96. The number of aliphatic carboxylic acids is 2. The zero-order valence-corrected chi connectivity index (χ0v) is 20.5. The summed E-state index contributed by atoms with van der Waals surface area (Å²) in [5.41, 5.74) is 0.825. The summed E-state index contributed by atoms with van der Waals surface area (Å²) in [6, 6.07) is 3.98. The van der Waals surface area contributed by atoms with Crippen LogP contribution in [0.4, 0.5) is 32.2 Å². The smallest absolute Gasteiger partial charge is 0.475 e. The summed E-state index contributed by atoms with van der Waals surface area (Å²) in [5.74, 6) is -3.86. The van der Waals surface area contributed by atoms with Crippen LogP contribution < -0.4 is 4.90 Å². The van der Waals surface area contributed by atoms with Gasteiger partial charge in [-0.3, -0.25) is 0 Å². The molecule has 0 bridgehead atoms. The number of carbonyl (C=O) groups is 2. The highest BCUT2D eigenvalue weighted by Gasteiger charge is 2.47. The molecule has 4 rings (SSSR count). The fourth-order valence-electron chi connectivity index (χ4n) is 3.86. The molecule has 2 aromatic heterocycles. The Kier molecular flexibility index (Phi) is 10.2. The molecule has 2 aliphatic rings. The Labute approximate surface area is 213 Å². The van der Waals surface area contributed by atoms with E-state index < -0.39 is 24.3 Å². The molecule has 2 aliphatic heterocycles. The monoisotopic (exact) mass is 558 g/mol. The number of rotatable bonds is 5. The lowest BCUT2D eigenvalue weighted by Gasteiger charge is -2.53. The minimum absolute atomic E-state index is 0.0452. The normalized spacial score (nSPS) is 18.8. The Balaban J connectivity index is 0.000000301. The summed E-state index contributed by atoms with van der Waals surface area (Å²) in [4.78, 5) is 22.6. The molecule has 0 aromatic carbocycles. The van der Waals surface area contributed by atoms with Gasteiger partial charge in [0.15, 0.2) is 5.65 Å². The first kappa shape index (κ1) is 31.0. The van der Waals surface area contributed by atoms with Crippen molar-refractivity contribution < 1.29 is 50.9 Å². The van der Waals surface area contributed by atoms with Crippen molar-refractivity contribution in [3.05, 3.63) is 18.5 Å². The van der Waals surface area contributed by atoms with Crippen LogP contribution in [0.2, 0.25) is 0 Å². The first-order valence-corrected chi connectivity index (χ1v) is 11.5. The topological polar surface area (TPSA) is 133 Å². The van der Waals surface area contributed by atoms with Gasteiger partial charge in [0.25, 0.3) is 0 Å². The summed E-state index contributed by atoms with van der Waals surface area (Å²) in [7, 11) is 0. The largest absolute Gasteiger partial charge is 0.490 e. The second-order valence-corrected chi connectivity index (χ2v) is 8.67. The van der Waals surface area contributed by atoms with Crippen molar-refractivity contribution in [3.8, 4) is 0 Å². The van der Waals surface area contributed by atoms with Gasteiger partial charge in [-0.05, 0) is 44.0 Å². The van der Waals surface area contributed by atoms with Gasteiger partial charge in [-0.25, -0.2) is 9.59 Å². The quantitative estimate of drug-likeness (QED) is 0.528. The van der Waals surface area contributed by atoms with E-state index in [4.69, 9.17) is 24.5 Å². The average Bonchev–Trinajstić information content (AvgIpc) is 3.29. The van der Waals surface area contributed by atoms with Crippen molar-refractivity contribution in [1.29, 1.82) is 0 Å². The van der Waals surface area contributed by atoms with E-state index in [9.17, 15) is 26.3 Å². The molecule has 0 saturated carbocycles. The second-order valence-electron chi connectivity index (χ2n) is 8.67. The van der Waals surface area contributed by atoms with Gasteiger partial charge in [0.05, 0.1) is 19.7 Å². The van der Waals surface area contributed by atoms with Crippen LogP contribution in [0.3, 0.4) is 0 Å². The number of fused-ring (bicyclic) bond motifs is 1. The van der Waals surface area contributed by atoms with Crippen LogP contribution in [0.1, 0.15) is 26.7 Å². The molecule has 2 N–H and O–H groups in total. The average molecular weight is 558 g/mol. The summed E-state index contributed by atoms with van der Waals surface area (Å²) in [6.07, 6.45) is -6.10. The number of halogens is 6. The summed E-state index contributed by atoms with van der Waals surface area (Å²) in [5, 5.41) is 26.7. The van der Waals surface area contributed by atoms with Crippen molar-refractivity contribution in [2.75, 3.05) is 44.2 Å². The minimum Gasteiger partial charge on any atom is -0.475 e. The number of carboxylic acids is 2. The van der Waals surface area contributed by atoms with Gasteiger partial charge in [-0.1, -0.05) is 13.8 Å². The molecule has 1 spiro atoms. The Morgan fingerprint density at radius 2 is 1.63 bits per heavy atom. The van der Waals surface area contributed by atoms with E-state index in [1.54, 1.807) is 10.8 Å². The Morgan fingerprint density at radius 3 is 2.08 bits per heavy atom. The number of hydrogen-bond acceptors (Lipinski definition) is 8. The first-order valence-electron chi connectivity index (χ1n) is 11.5. The molecule has 11 nitrogen and oxygen atoms in total. The zero-order chi connectivity index (χ0) is 28.7. The molecule has 2 aromatic rings. The molecular formula is C21H28F6N6O5. The van der Waals surface area contributed by atoms with Gasteiger partial charge in [0.1, 0.15) is 17.7 Å². The van der Waals surface area contributed by atoms with Gasteiger partial charge >= 0.3 is 24.3 Å². The van der Waals surface area contributed by atoms with Gasteiger partial charge < -0.3 is 24.7 Å². The molecule has 4 heterocycles. The first-order chi connectivity index (χ1) is 17.6. The third kappa shape index (κ3) is 8.68. The van der Waals surface area contributed by atoms with Crippen LogP contribution in [0.15, 0.2) is 18.5 Å². The molecular weight excluding hydrogens is 530 g/mol. The van der Waals surface area contributed by atoms with E-state index in [0.29, 0.717) is 5.92 Å². The SMILES string of the molecule is CCN(CC)CC1CCC2(CN(c3ccc4nncn4n3)C2)OC1.O=C(O)C(F)(F)F.O=C(O)C(F)(F)F. The van der Waals surface area contributed by atoms with Crippen LogP contribution in [0.25, 0.3) is 5.65 Å². The van der Waals surface area contributed by atoms with Crippen molar-refractivity contribution >= 4 is 23.4 Å². The molecule has 0 amide bonds. The third-order valence-electron chi connectivity index (χ3n) is 5.96. The van der Waals surface area contributed by atoms with Gasteiger partial charge in [-0.15, -0.1) is 15.3 Å². The highest BCUT2D eigenvalue weighted by Crippen LogP contribution is 2.38. The number of aromatic nitrogens is 4. The maximum Gasteiger partial charge on any atom is 0.490 e. The number of nitrogens with zero attached hydrogens (tertiary/aromatic N) is 6. The van der Waals surface area contributed by atoms with Crippen LogP contribution in [0, 0.1) is 5.92 Å². The zero-order valence-electron chi connectivity index (χ0n) is 20.5. The molecule has 2 saturated heterocycles. The lowest BCUT2D eigenvalue weighted by molar-refractivity contribution is -0.193. The lowest BCUT2D eigenvalue weighted by Crippen LogP contribution is -2.65. The van der Waals surface area contributed by atoms with Crippen molar-refractivity contribution in [2.45, 2.75) is 44.6 Å². The van der Waals surface area contributed by atoms with E-state index in [1.165, 1.54) is 13.0 Å². The van der Waals surface area contributed by atoms with Gasteiger partial charge in [-0.2, -0.15) is 30.9 Å². The molecule has 0 aliphatic carbocycles. The van der Waals surface area contributed by atoms with Crippen LogP contribution in [-0.4, -0.2) is 104 Å². The molecule has 0 radical (unpaired) electrons. The highest BCUT2D eigenvalue weighted by molar-refractivity contribution is 5.73. The maximum atomic E-state index is 10.6. The fourth-order valence-corrected chi connectivity index (χ4v) is 3.86. The summed E-state index contributed by atoms with van der Waals surface area (Å²) < 4.78 is 71.5. The second kappa shape index (κ2) is 12.6. The number of ether oxygens (including phenoxy) is 1.